The Hall–Kier alpha value is -0.670. The van der Waals surface area contributed by atoms with Gasteiger partial charge in [0, 0.05) is 18.0 Å². The van der Waals surface area contributed by atoms with Gasteiger partial charge < -0.3 is 9.90 Å². The first kappa shape index (κ1) is 11.3. The van der Waals surface area contributed by atoms with Crippen molar-refractivity contribution in [3.63, 3.8) is 0 Å². The maximum absolute atomic E-state index is 10.1. The van der Waals surface area contributed by atoms with Crippen molar-refractivity contribution in [3.05, 3.63) is 34.3 Å². The maximum Gasteiger partial charge on any atom is 0.124 e. The summed E-state index contributed by atoms with van der Waals surface area (Å²) in [6.45, 7) is 0. The second-order valence-corrected chi connectivity index (χ2v) is 2.92. The Morgan fingerprint density at radius 3 is 2.67 bits per heavy atom. The molecule has 0 aliphatic carbocycles. The Balaban J connectivity index is 0.000000561. The fraction of sp³-hybridized carbons (Fsp3) is 0.222. The second kappa shape index (κ2) is 7.00. The Morgan fingerprint density at radius 2 is 2.17 bits per heavy atom. The predicted octanol–water partition coefficient (Wildman–Crippen LogP) is 1.80. The Labute approximate surface area is 80.4 Å². The molecule has 0 aliphatic rings. The first-order valence-electron chi connectivity index (χ1n) is 3.46. The quantitative estimate of drug-likeness (QED) is 0.788. The number of rotatable bonds is 2. The third-order valence-electron chi connectivity index (χ3n) is 1.21. The van der Waals surface area contributed by atoms with E-state index in [0.29, 0.717) is 6.42 Å². The minimum atomic E-state index is 0.499. The lowest BCUT2D eigenvalue weighted by Crippen LogP contribution is -1.83. The standard InChI is InChI=1S/C8H7BrO.CH4O/c9-8-3-1-2-7(6-8)4-5-10;1-2/h1-3,5-6H,4H2;2H,1H3. The van der Waals surface area contributed by atoms with Crippen LogP contribution in [0.4, 0.5) is 0 Å². The molecule has 0 amide bonds. The summed E-state index contributed by atoms with van der Waals surface area (Å²) in [4.78, 5) is 10.1. The van der Waals surface area contributed by atoms with Gasteiger partial charge in [0.25, 0.3) is 0 Å². The lowest BCUT2D eigenvalue weighted by molar-refractivity contribution is -0.107. The molecule has 0 unspecified atom stereocenters. The molecule has 1 aromatic carbocycles. The van der Waals surface area contributed by atoms with Crippen LogP contribution in [0, 0.1) is 0 Å². The van der Waals surface area contributed by atoms with E-state index in [-0.39, 0.29) is 0 Å². The summed E-state index contributed by atoms with van der Waals surface area (Å²) < 4.78 is 1.02. The lowest BCUT2D eigenvalue weighted by atomic mass is 10.2. The zero-order chi connectivity index (χ0) is 9.40. The molecule has 0 aromatic heterocycles. The van der Waals surface area contributed by atoms with E-state index in [1.165, 1.54) is 0 Å². The first-order valence-corrected chi connectivity index (χ1v) is 4.25. The molecule has 3 heteroatoms. The number of aliphatic hydroxyl groups is 1. The van der Waals surface area contributed by atoms with Crippen LogP contribution in [0.1, 0.15) is 5.56 Å². The van der Waals surface area contributed by atoms with Gasteiger partial charge in [-0.25, -0.2) is 0 Å². The number of carbonyl (C=O) groups is 1. The molecule has 0 fully saturated rings. The highest BCUT2D eigenvalue weighted by Gasteiger charge is 1.90. The fourth-order valence-corrected chi connectivity index (χ4v) is 1.21. The molecule has 1 N–H and O–H groups in total. The molecular weight excluding hydrogens is 220 g/mol. The van der Waals surface area contributed by atoms with Crippen LogP contribution in [-0.2, 0) is 11.2 Å². The number of aliphatic hydroxyl groups excluding tert-OH is 1. The van der Waals surface area contributed by atoms with Gasteiger partial charge in [-0.2, -0.15) is 0 Å². The van der Waals surface area contributed by atoms with Crippen LogP contribution in [0.15, 0.2) is 28.7 Å². The predicted molar refractivity (Wildman–Crippen MR) is 52.1 cm³/mol. The highest BCUT2D eigenvalue weighted by molar-refractivity contribution is 9.10. The third-order valence-corrected chi connectivity index (χ3v) is 1.70. The van der Waals surface area contributed by atoms with Gasteiger partial charge in [0.1, 0.15) is 6.29 Å². The number of hydrogen-bond acceptors (Lipinski definition) is 2. The summed E-state index contributed by atoms with van der Waals surface area (Å²) in [5.74, 6) is 0. The summed E-state index contributed by atoms with van der Waals surface area (Å²) in [5.41, 5.74) is 1.05. The van der Waals surface area contributed by atoms with Crippen molar-refractivity contribution in [1.82, 2.24) is 0 Å². The normalized spacial score (nSPS) is 8.25. The number of halogens is 1. The van der Waals surface area contributed by atoms with Crippen LogP contribution in [0.25, 0.3) is 0 Å². The molecule has 12 heavy (non-hydrogen) atoms. The molecule has 66 valence electrons. The molecule has 0 saturated heterocycles. The molecule has 0 bridgehead atoms. The third kappa shape index (κ3) is 4.26. The highest BCUT2D eigenvalue weighted by Crippen LogP contribution is 2.10. The van der Waals surface area contributed by atoms with Crippen molar-refractivity contribution in [2.45, 2.75) is 6.42 Å². The van der Waals surface area contributed by atoms with Crippen molar-refractivity contribution in [2.24, 2.45) is 0 Å². The van der Waals surface area contributed by atoms with Gasteiger partial charge >= 0.3 is 0 Å². The van der Waals surface area contributed by atoms with Gasteiger partial charge in [0.15, 0.2) is 0 Å². The number of benzene rings is 1. The summed E-state index contributed by atoms with van der Waals surface area (Å²) in [6, 6.07) is 7.73. The summed E-state index contributed by atoms with van der Waals surface area (Å²) in [7, 11) is 1.00. The largest absolute Gasteiger partial charge is 0.400 e. The van der Waals surface area contributed by atoms with Crippen LogP contribution in [-0.4, -0.2) is 18.5 Å². The van der Waals surface area contributed by atoms with Gasteiger partial charge in [-0.05, 0) is 17.7 Å². The minimum Gasteiger partial charge on any atom is -0.400 e. The fourth-order valence-electron chi connectivity index (χ4n) is 0.760. The SMILES string of the molecule is CO.O=CCc1cccc(Br)c1. The van der Waals surface area contributed by atoms with Gasteiger partial charge in [-0.3, -0.25) is 0 Å². The van der Waals surface area contributed by atoms with Gasteiger partial charge in [0.05, 0.1) is 0 Å². The van der Waals surface area contributed by atoms with Gasteiger partial charge in [0.2, 0.25) is 0 Å². The van der Waals surface area contributed by atoms with E-state index in [2.05, 4.69) is 15.9 Å². The average molecular weight is 231 g/mol. The summed E-state index contributed by atoms with van der Waals surface area (Å²) in [6.07, 6.45) is 1.40. The van der Waals surface area contributed by atoms with Crippen LogP contribution in [0.2, 0.25) is 0 Å². The molecule has 0 heterocycles. The maximum atomic E-state index is 10.1. The van der Waals surface area contributed by atoms with E-state index in [1.807, 2.05) is 24.3 Å². The summed E-state index contributed by atoms with van der Waals surface area (Å²) >= 11 is 3.32. The van der Waals surface area contributed by atoms with E-state index in [0.717, 1.165) is 23.4 Å². The van der Waals surface area contributed by atoms with Crippen molar-refractivity contribution in [3.8, 4) is 0 Å². The van der Waals surface area contributed by atoms with E-state index in [4.69, 9.17) is 5.11 Å². The molecule has 0 radical (unpaired) electrons. The smallest absolute Gasteiger partial charge is 0.124 e. The minimum absolute atomic E-state index is 0.499. The van der Waals surface area contributed by atoms with Crippen molar-refractivity contribution >= 4 is 22.2 Å². The molecular formula is C9H11BrO2. The Morgan fingerprint density at radius 1 is 1.50 bits per heavy atom. The average Bonchev–Trinajstić information content (AvgIpc) is 2.09. The number of aldehydes is 1. The zero-order valence-electron chi connectivity index (χ0n) is 6.83. The Kier molecular flexibility index (Phi) is 6.61. The van der Waals surface area contributed by atoms with Crippen molar-refractivity contribution < 1.29 is 9.90 Å². The second-order valence-electron chi connectivity index (χ2n) is 2.00. The number of carbonyl (C=O) groups excluding carboxylic acids is 1. The molecule has 0 saturated carbocycles. The molecule has 0 aliphatic heterocycles. The van der Waals surface area contributed by atoms with Crippen LogP contribution < -0.4 is 0 Å². The van der Waals surface area contributed by atoms with Crippen LogP contribution in [0.3, 0.4) is 0 Å². The van der Waals surface area contributed by atoms with E-state index in [1.54, 1.807) is 0 Å². The topological polar surface area (TPSA) is 37.3 Å². The monoisotopic (exact) mass is 230 g/mol. The van der Waals surface area contributed by atoms with Crippen molar-refractivity contribution in [2.75, 3.05) is 7.11 Å². The van der Waals surface area contributed by atoms with Crippen molar-refractivity contribution in [1.29, 1.82) is 0 Å². The molecule has 0 spiro atoms. The van der Waals surface area contributed by atoms with Crippen LogP contribution >= 0.6 is 15.9 Å². The molecule has 1 aromatic rings. The Bertz CT molecular complexity index is 236. The van der Waals surface area contributed by atoms with E-state index < -0.39 is 0 Å². The first-order chi connectivity index (χ1) is 5.83. The number of hydrogen-bond donors (Lipinski definition) is 1. The molecule has 0 atom stereocenters. The summed E-state index contributed by atoms with van der Waals surface area (Å²) in [5, 5.41) is 7.00. The van der Waals surface area contributed by atoms with Gasteiger partial charge in [-0.1, -0.05) is 28.1 Å². The molecule has 1 rings (SSSR count). The zero-order valence-corrected chi connectivity index (χ0v) is 8.41. The van der Waals surface area contributed by atoms with E-state index >= 15 is 0 Å². The van der Waals surface area contributed by atoms with Crippen LogP contribution in [0.5, 0.6) is 0 Å². The highest BCUT2D eigenvalue weighted by atomic mass is 79.9. The molecule has 2 nitrogen and oxygen atoms in total. The lowest BCUT2D eigenvalue weighted by Gasteiger charge is -1.93. The van der Waals surface area contributed by atoms with E-state index in [9.17, 15) is 4.79 Å². The van der Waals surface area contributed by atoms with Gasteiger partial charge in [-0.15, -0.1) is 0 Å².